The topological polar surface area (TPSA) is 72.5 Å². The van der Waals surface area contributed by atoms with Crippen LogP contribution in [0, 0.1) is 5.82 Å². The highest BCUT2D eigenvalue weighted by Crippen LogP contribution is 2.25. The highest BCUT2D eigenvalue weighted by atomic mass is 19.1. The minimum Gasteiger partial charge on any atom is -0.492 e. The van der Waals surface area contributed by atoms with Crippen molar-refractivity contribution in [3.05, 3.63) is 23.5 Å². The maximum Gasteiger partial charge on any atom is 0.338 e. The quantitative estimate of drug-likeness (QED) is 0.723. The number of anilines is 1. The van der Waals surface area contributed by atoms with Gasteiger partial charge in [-0.15, -0.1) is 0 Å². The van der Waals surface area contributed by atoms with E-state index in [1.165, 1.54) is 0 Å². The molecule has 0 saturated carbocycles. The van der Waals surface area contributed by atoms with Crippen molar-refractivity contribution in [3.63, 3.8) is 0 Å². The van der Waals surface area contributed by atoms with E-state index in [0.29, 0.717) is 6.61 Å². The maximum atomic E-state index is 13.1. The van der Waals surface area contributed by atoms with Crippen molar-refractivity contribution in [3.8, 4) is 5.75 Å². The number of hydrogen-bond acceptors (Lipinski definition) is 3. The third-order valence-corrected chi connectivity index (χ3v) is 1.63. The molecule has 0 radical (unpaired) electrons. The Bertz CT molecular complexity index is 365. The maximum absolute atomic E-state index is 13.1. The third-order valence-electron chi connectivity index (χ3n) is 1.63. The Morgan fingerprint density at radius 3 is 2.79 bits per heavy atom. The van der Waals surface area contributed by atoms with E-state index in [1.807, 2.05) is 0 Å². The fourth-order valence-corrected chi connectivity index (χ4v) is 1.02. The van der Waals surface area contributed by atoms with Crippen molar-refractivity contribution < 1.29 is 19.0 Å². The van der Waals surface area contributed by atoms with Crippen LogP contribution in [0.5, 0.6) is 5.75 Å². The summed E-state index contributed by atoms with van der Waals surface area (Å²) in [4.78, 5) is 10.5. The smallest absolute Gasteiger partial charge is 0.338 e. The number of aromatic carboxylic acids is 1. The van der Waals surface area contributed by atoms with Crippen LogP contribution in [0.4, 0.5) is 10.1 Å². The van der Waals surface area contributed by atoms with E-state index in [-0.39, 0.29) is 11.4 Å². The van der Waals surface area contributed by atoms with E-state index in [2.05, 4.69) is 0 Å². The Hall–Kier alpha value is -1.78. The van der Waals surface area contributed by atoms with E-state index in [4.69, 9.17) is 15.6 Å². The van der Waals surface area contributed by atoms with E-state index in [9.17, 15) is 9.18 Å². The van der Waals surface area contributed by atoms with Crippen LogP contribution in [-0.2, 0) is 0 Å². The molecule has 0 aliphatic rings. The van der Waals surface area contributed by atoms with E-state index in [0.717, 1.165) is 12.1 Å². The van der Waals surface area contributed by atoms with Crippen molar-refractivity contribution >= 4 is 11.7 Å². The van der Waals surface area contributed by atoms with Crippen LogP contribution in [0.1, 0.15) is 17.3 Å². The first-order valence-corrected chi connectivity index (χ1v) is 4.01. The van der Waals surface area contributed by atoms with Crippen molar-refractivity contribution in [2.75, 3.05) is 12.3 Å². The second-order valence-corrected chi connectivity index (χ2v) is 2.61. The Morgan fingerprint density at radius 1 is 1.64 bits per heavy atom. The predicted octanol–water partition coefficient (Wildman–Crippen LogP) is 1.50. The molecular weight excluding hydrogens is 189 g/mol. The largest absolute Gasteiger partial charge is 0.492 e. The number of hydrogen-bond donors (Lipinski definition) is 2. The minimum atomic E-state index is -1.35. The summed E-state index contributed by atoms with van der Waals surface area (Å²) in [5.41, 5.74) is 5.12. The zero-order valence-corrected chi connectivity index (χ0v) is 7.58. The molecule has 0 heterocycles. The molecule has 5 heteroatoms. The summed E-state index contributed by atoms with van der Waals surface area (Å²) >= 11 is 0. The number of carboxylic acids is 1. The van der Waals surface area contributed by atoms with Gasteiger partial charge in [0.15, 0.2) is 0 Å². The van der Waals surface area contributed by atoms with Gasteiger partial charge in [-0.05, 0) is 13.0 Å². The number of carboxylic acid groups (broad SMARTS) is 1. The molecule has 3 N–H and O–H groups in total. The number of carbonyl (C=O) groups is 1. The fraction of sp³-hybridized carbons (Fsp3) is 0.222. The average Bonchev–Trinajstić information content (AvgIpc) is 2.10. The lowest BCUT2D eigenvalue weighted by atomic mass is 10.2. The molecule has 0 bridgehead atoms. The van der Waals surface area contributed by atoms with Crippen LogP contribution in [-0.4, -0.2) is 17.7 Å². The molecule has 1 rings (SSSR count). The van der Waals surface area contributed by atoms with Crippen molar-refractivity contribution in [1.29, 1.82) is 0 Å². The van der Waals surface area contributed by atoms with Crippen molar-refractivity contribution in [1.82, 2.24) is 0 Å². The van der Waals surface area contributed by atoms with Gasteiger partial charge in [0.25, 0.3) is 0 Å². The summed E-state index contributed by atoms with van der Waals surface area (Å²) in [5.74, 6) is -2.04. The first kappa shape index (κ1) is 10.3. The van der Waals surface area contributed by atoms with Gasteiger partial charge in [0.05, 0.1) is 17.9 Å². The van der Waals surface area contributed by atoms with Gasteiger partial charge in [0, 0.05) is 6.07 Å². The third kappa shape index (κ3) is 1.93. The molecule has 0 aliphatic heterocycles. The van der Waals surface area contributed by atoms with E-state index < -0.39 is 17.3 Å². The average molecular weight is 199 g/mol. The van der Waals surface area contributed by atoms with Gasteiger partial charge in [0.1, 0.15) is 11.6 Å². The number of halogens is 1. The summed E-state index contributed by atoms with van der Waals surface area (Å²) < 4.78 is 18.1. The van der Waals surface area contributed by atoms with Gasteiger partial charge < -0.3 is 15.6 Å². The number of nitrogen functional groups attached to an aromatic ring is 1. The molecule has 76 valence electrons. The molecule has 0 saturated heterocycles. The lowest BCUT2D eigenvalue weighted by molar-refractivity contribution is 0.0692. The Kier molecular flexibility index (Phi) is 2.91. The van der Waals surface area contributed by atoms with Gasteiger partial charge in [-0.1, -0.05) is 0 Å². The van der Waals surface area contributed by atoms with Crippen LogP contribution in [0.15, 0.2) is 12.1 Å². The molecule has 14 heavy (non-hydrogen) atoms. The zero-order chi connectivity index (χ0) is 10.7. The van der Waals surface area contributed by atoms with Gasteiger partial charge >= 0.3 is 5.97 Å². The van der Waals surface area contributed by atoms with Crippen LogP contribution >= 0.6 is 0 Å². The van der Waals surface area contributed by atoms with Crippen molar-refractivity contribution in [2.45, 2.75) is 6.92 Å². The van der Waals surface area contributed by atoms with Crippen LogP contribution in [0.2, 0.25) is 0 Å². The second-order valence-electron chi connectivity index (χ2n) is 2.61. The van der Waals surface area contributed by atoms with Crippen LogP contribution in [0.25, 0.3) is 0 Å². The molecule has 0 fully saturated rings. The van der Waals surface area contributed by atoms with Crippen molar-refractivity contribution in [2.24, 2.45) is 0 Å². The molecule has 0 aromatic heterocycles. The molecule has 0 spiro atoms. The van der Waals surface area contributed by atoms with Gasteiger partial charge in [-0.3, -0.25) is 0 Å². The number of nitrogens with two attached hydrogens (primary N) is 1. The highest BCUT2D eigenvalue weighted by Gasteiger charge is 2.13. The first-order valence-electron chi connectivity index (χ1n) is 4.01. The normalized spacial score (nSPS) is 9.86. The molecule has 1 aromatic carbocycles. The summed E-state index contributed by atoms with van der Waals surface area (Å²) in [5, 5.41) is 8.57. The SMILES string of the molecule is CCOc1cc(F)c(C(=O)O)cc1N. The summed E-state index contributed by atoms with van der Waals surface area (Å²) in [6, 6.07) is 2.02. The van der Waals surface area contributed by atoms with E-state index in [1.54, 1.807) is 6.92 Å². The van der Waals surface area contributed by atoms with Gasteiger partial charge in [-0.25, -0.2) is 9.18 Å². The molecule has 4 nitrogen and oxygen atoms in total. The summed E-state index contributed by atoms with van der Waals surface area (Å²) in [6.07, 6.45) is 0. The number of ether oxygens (including phenoxy) is 1. The standard InChI is InChI=1S/C9H10FNO3/c1-2-14-8-4-6(10)5(9(12)13)3-7(8)11/h3-4H,2,11H2,1H3,(H,12,13). The Balaban J connectivity index is 3.17. The molecule has 1 aromatic rings. The molecular formula is C9H10FNO3. The number of benzene rings is 1. The van der Waals surface area contributed by atoms with E-state index >= 15 is 0 Å². The second kappa shape index (κ2) is 3.95. The predicted molar refractivity (Wildman–Crippen MR) is 48.9 cm³/mol. The molecule has 0 atom stereocenters. The Morgan fingerprint density at radius 2 is 2.29 bits per heavy atom. The van der Waals surface area contributed by atoms with Crippen LogP contribution < -0.4 is 10.5 Å². The fourth-order valence-electron chi connectivity index (χ4n) is 1.02. The molecule has 0 amide bonds. The van der Waals surface area contributed by atoms with Crippen LogP contribution in [0.3, 0.4) is 0 Å². The first-order chi connectivity index (χ1) is 6.56. The monoisotopic (exact) mass is 199 g/mol. The summed E-state index contributed by atoms with van der Waals surface area (Å²) in [6.45, 7) is 2.07. The lowest BCUT2D eigenvalue weighted by Gasteiger charge is -2.07. The molecule has 0 aliphatic carbocycles. The minimum absolute atomic E-state index is 0.116. The highest BCUT2D eigenvalue weighted by molar-refractivity contribution is 5.89. The van der Waals surface area contributed by atoms with Gasteiger partial charge in [-0.2, -0.15) is 0 Å². The number of rotatable bonds is 3. The zero-order valence-electron chi connectivity index (χ0n) is 7.58. The Labute approximate surface area is 80.1 Å². The molecule has 0 unspecified atom stereocenters. The summed E-state index contributed by atoms with van der Waals surface area (Å²) in [7, 11) is 0. The van der Waals surface area contributed by atoms with Gasteiger partial charge in [0.2, 0.25) is 0 Å². The lowest BCUT2D eigenvalue weighted by Crippen LogP contribution is -2.04.